The van der Waals surface area contributed by atoms with Gasteiger partial charge >= 0.3 is 0 Å². The molecule has 2 rings (SSSR count). The van der Waals surface area contributed by atoms with Crippen molar-refractivity contribution in [3.05, 3.63) is 23.8 Å². The second kappa shape index (κ2) is 5.67. The van der Waals surface area contributed by atoms with Crippen LogP contribution >= 0.6 is 11.3 Å². The van der Waals surface area contributed by atoms with Crippen molar-refractivity contribution in [3.63, 3.8) is 0 Å². The Kier molecular flexibility index (Phi) is 3.97. The van der Waals surface area contributed by atoms with Crippen LogP contribution < -0.4 is 5.73 Å². The van der Waals surface area contributed by atoms with Gasteiger partial charge in [-0.1, -0.05) is 11.3 Å². The van der Waals surface area contributed by atoms with Crippen LogP contribution in [0.2, 0.25) is 0 Å². The van der Waals surface area contributed by atoms with Crippen molar-refractivity contribution in [1.29, 1.82) is 5.26 Å². The first-order valence-corrected chi connectivity index (χ1v) is 6.79. The van der Waals surface area contributed by atoms with Gasteiger partial charge in [0.25, 0.3) is 5.91 Å². The highest BCUT2D eigenvalue weighted by Crippen LogP contribution is 2.25. The number of nitrogen functional groups attached to an aromatic ring is 1. The smallest absolute Gasteiger partial charge is 0.253 e. The molecule has 1 aromatic carbocycles. The van der Waals surface area contributed by atoms with E-state index in [2.05, 4.69) is 11.1 Å². The first kappa shape index (κ1) is 13.3. The maximum Gasteiger partial charge on any atom is 0.253 e. The molecule has 0 spiro atoms. The highest BCUT2D eigenvalue weighted by atomic mass is 32.1. The lowest BCUT2D eigenvalue weighted by Crippen LogP contribution is -2.31. The Hall–Kier alpha value is -2.13. The van der Waals surface area contributed by atoms with E-state index < -0.39 is 0 Å². The van der Waals surface area contributed by atoms with Gasteiger partial charge in [-0.25, -0.2) is 4.98 Å². The van der Waals surface area contributed by atoms with Crippen molar-refractivity contribution < 1.29 is 4.79 Å². The number of rotatable bonds is 4. The molecule has 0 aliphatic rings. The van der Waals surface area contributed by atoms with Crippen LogP contribution in [0.3, 0.4) is 0 Å². The Morgan fingerprint density at radius 2 is 2.37 bits per heavy atom. The quantitative estimate of drug-likeness (QED) is 0.926. The fourth-order valence-electron chi connectivity index (χ4n) is 1.85. The third-order valence-electron chi connectivity index (χ3n) is 2.81. The van der Waals surface area contributed by atoms with Crippen molar-refractivity contribution in [2.75, 3.05) is 18.8 Å². The zero-order valence-corrected chi connectivity index (χ0v) is 11.4. The Bertz CT molecular complexity index is 644. The third kappa shape index (κ3) is 2.83. The van der Waals surface area contributed by atoms with E-state index in [0.29, 0.717) is 30.2 Å². The summed E-state index contributed by atoms with van der Waals surface area (Å²) in [5.41, 5.74) is 7.06. The van der Waals surface area contributed by atoms with E-state index in [9.17, 15) is 4.79 Å². The minimum atomic E-state index is -0.0633. The summed E-state index contributed by atoms with van der Waals surface area (Å²) >= 11 is 1.36. The molecule has 2 N–H and O–H groups in total. The van der Waals surface area contributed by atoms with Crippen LogP contribution in [0, 0.1) is 11.3 Å². The van der Waals surface area contributed by atoms with Gasteiger partial charge in [-0.15, -0.1) is 0 Å². The summed E-state index contributed by atoms with van der Waals surface area (Å²) < 4.78 is 0.902. The lowest BCUT2D eigenvalue weighted by molar-refractivity contribution is 0.0768. The fraction of sp³-hybridized carbons (Fsp3) is 0.308. The van der Waals surface area contributed by atoms with E-state index in [-0.39, 0.29) is 5.91 Å². The van der Waals surface area contributed by atoms with Crippen LogP contribution in [0.4, 0.5) is 5.13 Å². The van der Waals surface area contributed by atoms with Crippen LogP contribution in [-0.2, 0) is 0 Å². The Morgan fingerprint density at radius 1 is 1.58 bits per heavy atom. The van der Waals surface area contributed by atoms with Crippen molar-refractivity contribution in [1.82, 2.24) is 9.88 Å². The Labute approximate surface area is 115 Å². The Morgan fingerprint density at radius 3 is 3.05 bits per heavy atom. The van der Waals surface area contributed by atoms with E-state index in [4.69, 9.17) is 11.0 Å². The second-order valence-electron chi connectivity index (χ2n) is 4.03. The zero-order chi connectivity index (χ0) is 13.8. The van der Waals surface area contributed by atoms with Crippen LogP contribution in [0.5, 0.6) is 0 Å². The number of hydrogen-bond donors (Lipinski definition) is 1. The summed E-state index contributed by atoms with van der Waals surface area (Å²) in [6.07, 6.45) is 0.343. The first-order valence-electron chi connectivity index (χ1n) is 5.98. The molecule has 0 aliphatic carbocycles. The number of benzene rings is 1. The molecule has 1 aromatic heterocycles. The number of aromatic nitrogens is 1. The number of fused-ring (bicyclic) bond motifs is 1. The molecule has 0 fully saturated rings. The van der Waals surface area contributed by atoms with Crippen molar-refractivity contribution in [2.24, 2.45) is 0 Å². The molecule has 0 unspecified atom stereocenters. The molecule has 0 saturated heterocycles. The van der Waals surface area contributed by atoms with Crippen molar-refractivity contribution >= 4 is 32.6 Å². The molecule has 0 atom stereocenters. The molecular weight excluding hydrogens is 260 g/mol. The zero-order valence-electron chi connectivity index (χ0n) is 10.6. The number of anilines is 1. The van der Waals surface area contributed by atoms with Crippen LogP contribution in [-0.4, -0.2) is 28.9 Å². The summed E-state index contributed by atoms with van der Waals surface area (Å²) in [6, 6.07) is 7.41. The van der Waals surface area contributed by atoms with E-state index in [1.807, 2.05) is 6.92 Å². The second-order valence-corrected chi connectivity index (χ2v) is 5.09. The number of nitrogens with two attached hydrogens (primary N) is 1. The van der Waals surface area contributed by atoms with Gasteiger partial charge in [0, 0.05) is 18.7 Å². The first-order chi connectivity index (χ1) is 9.15. The van der Waals surface area contributed by atoms with Gasteiger partial charge in [0.05, 0.1) is 22.7 Å². The van der Waals surface area contributed by atoms with Gasteiger partial charge in [-0.05, 0) is 25.1 Å². The number of thiazole rings is 1. The van der Waals surface area contributed by atoms with E-state index >= 15 is 0 Å². The maximum atomic E-state index is 12.3. The fourth-order valence-corrected chi connectivity index (χ4v) is 2.62. The van der Waals surface area contributed by atoms with Gasteiger partial charge in [-0.2, -0.15) is 5.26 Å². The van der Waals surface area contributed by atoms with Crippen LogP contribution in [0.15, 0.2) is 18.2 Å². The SMILES string of the molecule is CCN(CCC#N)C(=O)c1ccc2nc(N)sc2c1. The van der Waals surface area contributed by atoms with E-state index in [1.165, 1.54) is 11.3 Å². The molecule has 5 nitrogen and oxygen atoms in total. The number of carbonyl (C=O) groups is 1. The van der Waals surface area contributed by atoms with Crippen LogP contribution in [0.25, 0.3) is 10.2 Å². The molecule has 2 aromatic rings. The summed E-state index contributed by atoms with van der Waals surface area (Å²) in [5, 5.41) is 9.10. The van der Waals surface area contributed by atoms with Gasteiger partial charge < -0.3 is 10.6 Å². The maximum absolute atomic E-state index is 12.3. The largest absolute Gasteiger partial charge is 0.375 e. The number of nitrogens with zero attached hydrogens (tertiary/aromatic N) is 3. The summed E-state index contributed by atoms with van der Waals surface area (Å²) in [5.74, 6) is -0.0633. The highest BCUT2D eigenvalue weighted by Gasteiger charge is 2.14. The highest BCUT2D eigenvalue weighted by molar-refractivity contribution is 7.22. The molecule has 0 aliphatic heterocycles. The van der Waals surface area contributed by atoms with Gasteiger partial charge in [0.15, 0.2) is 5.13 Å². The lowest BCUT2D eigenvalue weighted by atomic mass is 10.2. The molecule has 1 heterocycles. The third-order valence-corrected chi connectivity index (χ3v) is 3.66. The van der Waals surface area contributed by atoms with Gasteiger partial charge in [0.1, 0.15) is 0 Å². The number of carbonyl (C=O) groups excluding carboxylic acids is 1. The lowest BCUT2D eigenvalue weighted by Gasteiger charge is -2.19. The molecule has 0 saturated carbocycles. The number of hydrogen-bond acceptors (Lipinski definition) is 5. The Balaban J connectivity index is 2.27. The molecule has 19 heavy (non-hydrogen) atoms. The molecule has 6 heteroatoms. The number of amides is 1. The molecular formula is C13H14N4OS. The predicted molar refractivity (Wildman–Crippen MR) is 75.8 cm³/mol. The number of nitriles is 1. The van der Waals surface area contributed by atoms with Gasteiger partial charge in [-0.3, -0.25) is 4.79 Å². The van der Waals surface area contributed by atoms with Crippen molar-refractivity contribution in [3.8, 4) is 6.07 Å². The average molecular weight is 274 g/mol. The van der Waals surface area contributed by atoms with Gasteiger partial charge in [0.2, 0.25) is 0 Å². The standard InChI is InChI=1S/C13H14N4OS/c1-2-17(7-3-6-14)12(18)9-4-5-10-11(8-9)19-13(15)16-10/h4-5,8H,2-3,7H2,1H3,(H2,15,16). The van der Waals surface area contributed by atoms with E-state index in [0.717, 1.165) is 10.2 Å². The minimum absolute atomic E-state index is 0.0633. The summed E-state index contributed by atoms with van der Waals surface area (Å²) in [6.45, 7) is 2.94. The molecule has 1 amide bonds. The molecule has 98 valence electrons. The summed E-state index contributed by atoms with van der Waals surface area (Å²) in [7, 11) is 0. The molecule has 0 radical (unpaired) electrons. The minimum Gasteiger partial charge on any atom is -0.375 e. The topological polar surface area (TPSA) is 83.0 Å². The normalized spacial score (nSPS) is 10.3. The average Bonchev–Trinajstić information content (AvgIpc) is 2.78. The summed E-state index contributed by atoms with van der Waals surface area (Å²) in [4.78, 5) is 18.1. The molecule has 0 bridgehead atoms. The monoisotopic (exact) mass is 274 g/mol. The predicted octanol–water partition coefficient (Wildman–Crippen LogP) is 2.25. The van der Waals surface area contributed by atoms with Crippen molar-refractivity contribution in [2.45, 2.75) is 13.3 Å². The van der Waals surface area contributed by atoms with E-state index in [1.54, 1.807) is 23.1 Å². The van der Waals surface area contributed by atoms with Crippen LogP contribution in [0.1, 0.15) is 23.7 Å².